The Morgan fingerprint density at radius 1 is 0.972 bits per heavy atom. The van der Waals surface area contributed by atoms with Gasteiger partial charge in [-0.1, -0.05) is 66.7 Å². The fourth-order valence-corrected chi connectivity index (χ4v) is 4.92. The fourth-order valence-electron chi connectivity index (χ4n) is 4.92. The van der Waals surface area contributed by atoms with E-state index in [1.165, 1.54) is 0 Å². The molecule has 0 saturated heterocycles. The van der Waals surface area contributed by atoms with Crippen LogP contribution in [0.25, 0.3) is 0 Å². The molecule has 0 fully saturated rings. The third-order valence-electron chi connectivity index (χ3n) is 6.69. The summed E-state index contributed by atoms with van der Waals surface area (Å²) in [4.78, 5) is 13.5. The molecule has 5 rings (SSSR count). The van der Waals surface area contributed by atoms with Crippen molar-refractivity contribution in [3.05, 3.63) is 118 Å². The molecule has 2 aliphatic rings. The molecule has 1 aliphatic carbocycles. The molecule has 0 amide bonds. The van der Waals surface area contributed by atoms with Crippen molar-refractivity contribution in [2.75, 3.05) is 7.11 Å². The maximum absolute atomic E-state index is 13.5. The zero-order valence-corrected chi connectivity index (χ0v) is 19.9. The van der Waals surface area contributed by atoms with E-state index in [9.17, 15) is 10.1 Å². The molecule has 2 unspecified atom stereocenters. The highest BCUT2D eigenvalue weighted by atomic mass is 16.5. The molecular weight excluding hydrogens is 452 g/mol. The highest BCUT2D eigenvalue weighted by Gasteiger charge is 2.41. The van der Waals surface area contributed by atoms with Crippen LogP contribution in [0, 0.1) is 11.3 Å². The zero-order chi connectivity index (χ0) is 25.1. The maximum Gasteiger partial charge on any atom is 0.205 e. The highest BCUT2D eigenvalue weighted by Crippen LogP contribution is 2.47. The van der Waals surface area contributed by atoms with Crippen molar-refractivity contribution in [1.82, 2.24) is 0 Å². The van der Waals surface area contributed by atoms with Crippen LogP contribution in [0.5, 0.6) is 11.5 Å². The van der Waals surface area contributed by atoms with E-state index in [2.05, 4.69) is 6.07 Å². The Kier molecular flexibility index (Phi) is 6.46. The molecule has 3 aromatic carbocycles. The molecule has 1 aliphatic heterocycles. The number of hydrogen-bond acceptors (Lipinski definition) is 6. The van der Waals surface area contributed by atoms with Gasteiger partial charge in [0.25, 0.3) is 0 Å². The molecule has 6 nitrogen and oxygen atoms in total. The normalized spacial score (nSPS) is 19.3. The molecule has 180 valence electrons. The van der Waals surface area contributed by atoms with Gasteiger partial charge in [-0.05, 0) is 34.7 Å². The smallest absolute Gasteiger partial charge is 0.205 e. The molecule has 0 radical (unpaired) electrons. The molecule has 36 heavy (non-hydrogen) atoms. The predicted octanol–water partition coefficient (Wildman–Crippen LogP) is 5.48. The average molecular weight is 479 g/mol. The van der Waals surface area contributed by atoms with Crippen LogP contribution in [0.15, 0.2) is 102 Å². The first-order valence-electron chi connectivity index (χ1n) is 11.8. The summed E-state index contributed by atoms with van der Waals surface area (Å²) in [5, 5.41) is 9.93. The van der Waals surface area contributed by atoms with Gasteiger partial charge in [-0.25, -0.2) is 0 Å². The lowest BCUT2D eigenvalue weighted by Gasteiger charge is -2.34. The number of nitriles is 1. The monoisotopic (exact) mass is 478 g/mol. The van der Waals surface area contributed by atoms with E-state index in [0.717, 1.165) is 16.7 Å². The molecule has 6 heteroatoms. The maximum atomic E-state index is 13.5. The number of ether oxygens (including phenoxy) is 3. The fraction of sp³-hybridized carbons (Fsp3) is 0.200. The zero-order valence-electron chi connectivity index (χ0n) is 19.9. The van der Waals surface area contributed by atoms with Crippen LogP contribution in [-0.4, -0.2) is 12.9 Å². The van der Waals surface area contributed by atoms with Gasteiger partial charge in [-0.3, -0.25) is 4.79 Å². The summed E-state index contributed by atoms with van der Waals surface area (Å²) in [7, 11) is 1.56. The molecule has 2 atom stereocenters. The van der Waals surface area contributed by atoms with E-state index in [1.54, 1.807) is 13.2 Å². The summed E-state index contributed by atoms with van der Waals surface area (Å²) in [6.07, 6.45) is 0.882. The molecule has 3 aromatic rings. The van der Waals surface area contributed by atoms with E-state index in [0.29, 0.717) is 42.3 Å². The topological polar surface area (TPSA) is 94.6 Å². The van der Waals surface area contributed by atoms with Crippen LogP contribution < -0.4 is 15.2 Å². The Hall–Kier alpha value is -4.50. The second-order valence-corrected chi connectivity index (χ2v) is 8.89. The first-order valence-corrected chi connectivity index (χ1v) is 11.8. The van der Waals surface area contributed by atoms with Crippen molar-refractivity contribution in [3.8, 4) is 17.6 Å². The van der Waals surface area contributed by atoms with Crippen molar-refractivity contribution in [3.63, 3.8) is 0 Å². The molecular formula is C30H26N2O4. The van der Waals surface area contributed by atoms with Crippen LogP contribution in [0.3, 0.4) is 0 Å². The third-order valence-corrected chi connectivity index (χ3v) is 6.69. The Morgan fingerprint density at radius 2 is 1.69 bits per heavy atom. The number of Topliss-reactive ketones (excluding diaryl/α,β-unsaturated/α-hetero) is 1. The minimum Gasteiger partial charge on any atom is -0.493 e. The number of rotatable bonds is 6. The first kappa shape index (κ1) is 23.3. The Bertz CT molecular complexity index is 1390. The SMILES string of the molecule is COc1cc(C2C(C#N)=C(N)OC3=C2C(=O)CC(c2ccccc2)C3)ccc1OCc1ccccc1. The summed E-state index contributed by atoms with van der Waals surface area (Å²) in [5.41, 5.74) is 9.75. The second kappa shape index (κ2) is 10.0. The molecule has 0 saturated carbocycles. The Morgan fingerprint density at radius 3 is 2.39 bits per heavy atom. The summed E-state index contributed by atoms with van der Waals surface area (Å²) < 4.78 is 17.5. The first-order chi connectivity index (χ1) is 17.6. The summed E-state index contributed by atoms with van der Waals surface area (Å²) in [5.74, 6) is 0.979. The van der Waals surface area contributed by atoms with Gasteiger partial charge in [0.05, 0.1) is 13.0 Å². The lowest BCUT2D eigenvalue weighted by molar-refractivity contribution is -0.117. The summed E-state index contributed by atoms with van der Waals surface area (Å²) in [6, 6.07) is 27.4. The van der Waals surface area contributed by atoms with E-state index >= 15 is 0 Å². The number of carbonyl (C=O) groups excluding carboxylic acids is 1. The standard InChI is InChI=1S/C30H26N2O4/c1-34-26-15-21(12-13-25(26)35-18-19-8-4-2-5-9-19)28-23(17-31)30(32)36-27-16-22(14-24(33)29(27)28)20-10-6-3-7-11-20/h2-13,15,22,28H,14,16,18,32H2,1H3. The third kappa shape index (κ3) is 4.44. The van der Waals surface area contributed by atoms with E-state index in [-0.39, 0.29) is 23.2 Å². The van der Waals surface area contributed by atoms with Gasteiger partial charge < -0.3 is 19.9 Å². The Balaban J connectivity index is 1.49. The number of hydrogen-bond donors (Lipinski definition) is 1. The van der Waals surface area contributed by atoms with Gasteiger partial charge in [0.15, 0.2) is 17.3 Å². The van der Waals surface area contributed by atoms with Crippen molar-refractivity contribution >= 4 is 5.78 Å². The number of nitrogens with two attached hydrogens (primary N) is 1. The van der Waals surface area contributed by atoms with E-state index in [4.69, 9.17) is 19.9 Å². The van der Waals surface area contributed by atoms with Gasteiger partial charge in [-0.2, -0.15) is 5.26 Å². The predicted molar refractivity (Wildman–Crippen MR) is 135 cm³/mol. The van der Waals surface area contributed by atoms with Crippen molar-refractivity contribution in [1.29, 1.82) is 5.26 Å². The van der Waals surface area contributed by atoms with Crippen molar-refractivity contribution in [2.24, 2.45) is 5.73 Å². The van der Waals surface area contributed by atoms with Crippen LogP contribution in [-0.2, 0) is 16.1 Å². The summed E-state index contributed by atoms with van der Waals surface area (Å²) >= 11 is 0. The van der Waals surface area contributed by atoms with Crippen LogP contribution in [0.4, 0.5) is 0 Å². The van der Waals surface area contributed by atoms with Crippen LogP contribution >= 0.6 is 0 Å². The molecule has 0 spiro atoms. The van der Waals surface area contributed by atoms with Gasteiger partial charge >= 0.3 is 0 Å². The van der Waals surface area contributed by atoms with E-state index < -0.39 is 5.92 Å². The number of benzene rings is 3. The number of nitrogens with zero attached hydrogens (tertiary/aromatic N) is 1. The van der Waals surface area contributed by atoms with Gasteiger partial charge in [0.1, 0.15) is 24.0 Å². The van der Waals surface area contributed by atoms with Crippen molar-refractivity contribution < 1.29 is 19.0 Å². The van der Waals surface area contributed by atoms with Crippen molar-refractivity contribution in [2.45, 2.75) is 31.3 Å². The lowest BCUT2D eigenvalue weighted by atomic mass is 9.73. The average Bonchev–Trinajstić information content (AvgIpc) is 2.92. The van der Waals surface area contributed by atoms with E-state index in [1.807, 2.05) is 72.8 Å². The van der Waals surface area contributed by atoms with Gasteiger partial charge in [0.2, 0.25) is 5.88 Å². The second-order valence-electron chi connectivity index (χ2n) is 8.89. The molecule has 0 bridgehead atoms. The largest absolute Gasteiger partial charge is 0.493 e. The Labute approximate surface area is 210 Å². The summed E-state index contributed by atoms with van der Waals surface area (Å²) in [6.45, 7) is 0.388. The lowest BCUT2D eigenvalue weighted by Crippen LogP contribution is -2.29. The number of allylic oxidation sites excluding steroid dienone is 3. The number of carbonyl (C=O) groups is 1. The minimum atomic E-state index is -0.625. The molecule has 1 heterocycles. The van der Waals surface area contributed by atoms with Crippen LogP contribution in [0.1, 0.15) is 41.4 Å². The number of ketones is 1. The van der Waals surface area contributed by atoms with Gasteiger partial charge in [-0.15, -0.1) is 0 Å². The number of methoxy groups -OCH3 is 1. The highest BCUT2D eigenvalue weighted by molar-refractivity contribution is 6.00. The van der Waals surface area contributed by atoms with Gasteiger partial charge in [0, 0.05) is 18.4 Å². The van der Waals surface area contributed by atoms with Crippen LogP contribution in [0.2, 0.25) is 0 Å². The molecule has 2 N–H and O–H groups in total. The minimum absolute atomic E-state index is 0.00201. The quantitative estimate of drug-likeness (QED) is 0.504. The molecule has 0 aromatic heterocycles.